The molecular formula is C14H30O. The molecule has 15 heavy (non-hydrogen) atoms. The summed E-state index contributed by atoms with van der Waals surface area (Å²) in [7, 11) is 0. The normalized spacial score (nSPS) is 13.4. The van der Waals surface area contributed by atoms with Crippen LogP contribution >= 0.6 is 0 Å². The van der Waals surface area contributed by atoms with E-state index in [1.807, 2.05) is 0 Å². The van der Waals surface area contributed by atoms with Gasteiger partial charge in [0.25, 0.3) is 0 Å². The molecule has 1 heteroatoms. The minimum absolute atomic E-state index is 0.0367. The van der Waals surface area contributed by atoms with Gasteiger partial charge >= 0.3 is 0 Å². The van der Waals surface area contributed by atoms with Crippen molar-refractivity contribution >= 4 is 0 Å². The second kappa shape index (κ2) is 10.5. The molecule has 0 bridgehead atoms. The molecule has 0 aromatic carbocycles. The number of hydrogen-bond acceptors (Lipinski definition) is 1. The molecule has 0 spiro atoms. The summed E-state index contributed by atoms with van der Waals surface area (Å²) in [6.07, 6.45) is 10.9. The van der Waals surface area contributed by atoms with E-state index in [-0.39, 0.29) is 6.10 Å². The quantitative estimate of drug-likeness (QED) is 0.530. The van der Waals surface area contributed by atoms with Crippen molar-refractivity contribution in [1.82, 2.24) is 0 Å². The monoisotopic (exact) mass is 214 g/mol. The van der Waals surface area contributed by atoms with E-state index in [0.29, 0.717) is 0 Å². The maximum absolute atomic E-state index is 9.72. The fourth-order valence-corrected chi connectivity index (χ4v) is 1.89. The van der Waals surface area contributed by atoms with E-state index in [1.54, 1.807) is 0 Å². The summed E-state index contributed by atoms with van der Waals surface area (Å²) in [6, 6.07) is 0. The minimum atomic E-state index is -0.0367. The molecule has 0 aromatic heterocycles. The average molecular weight is 214 g/mol. The first-order valence-electron chi connectivity index (χ1n) is 6.84. The fraction of sp³-hybridized carbons (Fsp3) is 1.00. The van der Waals surface area contributed by atoms with Crippen LogP contribution in [-0.4, -0.2) is 11.2 Å². The molecule has 0 saturated carbocycles. The first kappa shape index (κ1) is 15.0. The van der Waals surface area contributed by atoms with Crippen LogP contribution in [0.2, 0.25) is 0 Å². The van der Waals surface area contributed by atoms with Gasteiger partial charge in [-0.15, -0.1) is 0 Å². The zero-order valence-corrected chi connectivity index (χ0v) is 11.0. The summed E-state index contributed by atoms with van der Waals surface area (Å²) in [4.78, 5) is 0. The van der Waals surface area contributed by atoms with Gasteiger partial charge in [0.05, 0.1) is 6.10 Å². The molecule has 0 radical (unpaired) electrons. The standard InChI is InChI=1S/C14H30O/c1-4-5-6-7-8-11-14(15)12-9-10-13(2)3/h13-15H,4-12H2,1-3H3. The van der Waals surface area contributed by atoms with Crippen molar-refractivity contribution in [3.8, 4) is 0 Å². The summed E-state index contributed by atoms with van der Waals surface area (Å²) >= 11 is 0. The van der Waals surface area contributed by atoms with Crippen molar-refractivity contribution in [1.29, 1.82) is 0 Å². The van der Waals surface area contributed by atoms with E-state index in [2.05, 4.69) is 20.8 Å². The molecule has 0 aliphatic heterocycles. The van der Waals surface area contributed by atoms with Crippen molar-refractivity contribution in [2.24, 2.45) is 5.92 Å². The SMILES string of the molecule is CCCCCCCC(O)CCCC(C)C. The Kier molecular flexibility index (Phi) is 10.4. The van der Waals surface area contributed by atoms with Crippen molar-refractivity contribution in [2.75, 3.05) is 0 Å². The fourth-order valence-electron chi connectivity index (χ4n) is 1.89. The Hall–Kier alpha value is -0.0400. The predicted molar refractivity (Wildman–Crippen MR) is 68.1 cm³/mol. The van der Waals surface area contributed by atoms with Crippen LogP contribution in [0.1, 0.15) is 78.6 Å². The first-order valence-corrected chi connectivity index (χ1v) is 6.84. The highest BCUT2D eigenvalue weighted by Crippen LogP contribution is 2.13. The molecule has 0 aromatic rings. The van der Waals surface area contributed by atoms with Gasteiger partial charge in [0.1, 0.15) is 0 Å². The smallest absolute Gasteiger partial charge is 0.0540 e. The van der Waals surface area contributed by atoms with Gasteiger partial charge in [-0.25, -0.2) is 0 Å². The molecule has 0 amide bonds. The van der Waals surface area contributed by atoms with E-state index < -0.39 is 0 Å². The van der Waals surface area contributed by atoms with Crippen molar-refractivity contribution in [2.45, 2.75) is 84.7 Å². The molecule has 1 nitrogen and oxygen atoms in total. The predicted octanol–water partition coefficient (Wildman–Crippen LogP) is 4.53. The minimum Gasteiger partial charge on any atom is -0.393 e. The van der Waals surface area contributed by atoms with E-state index >= 15 is 0 Å². The van der Waals surface area contributed by atoms with Gasteiger partial charge in [-0.05, 0) is 18.8 Å². The highest BCUT2D eigenvalue weighted by atomic mass is 16.3. The van der Waals surface area contributed by atoms with Crippen molar-refractivity contribution < 1.29 is 5.11 Å². The molecule has 0 fully saturated rings. The number of rotatable bonds is 10. The molecule has 0 aliphatic carbocycles. The first-order chi connectivity index (χ1) is 7.16. The van der Waals surface area contributed by atoms with Gasteiger partial charge in [0.2, 0.25) is 0 Å². The Balaban J connectivity index is 3.15. The average Bonchev–Trinajstić information content (AvgIpc) is 2.17. The maximum Gasteiger partial charge on any atom is 0.0540 e. The second-order valence-electron chi connectivity index (χ2n) is 5.18. The zero-order valence-electron chi connectivity index (χ0n) is 11.0. The Morgan fingerprint density at radius 1 is 0.800 bits per heavy atom. The van der Waals surface area contributed by atoms with Crippen LogP contribution in [0.4, 0.5) is 0 Å². The lowest BCUT2D eigenvalue weighted by Crippen LogP contribution is -2.06. The third-order valence-electron chi connectivity index (χ3n) is 2.96. The lowest BCUT2D eigenvalue weighted by molar-refractivity contribution is 0.146. The second-order valence-corrected chi connectivity index (χ2v) is 5.18. The van der Waals surface area contributed by atoms with Crippen LogP contribution < -0.4 is 0 Å². The van der Waals surface area contributed by atoms with Crippen LogP contribution in [0.5, 0.6) is 0 Å². The van der Waals surface area contributed by atoms with E-state index in [4.69, 9.17) is 0 Å². The van der Waals surface area contributed by atoms with Gasteiger partial charge in [0.15, 0.2) is 0 Å². The largest absolute Gasteiger partial charge is 0.393 e. The maximum atomic E-state index is 9.72. The highest BCUT2D eigenvalue weighted by Gasteiger charge is 2.04. The van der Waals surface area contributed by atoms with Gasteiger partial charge in [-0.2, -0.15) is 0 Å². The van der Waals surface area contributed by atoms with E-state index in [9.17, 15) is 5.11 Å². The molecule has 0 heterocycles. The number of unbranched alkanes of at least 4 members (excludes halogenated alkanes) is 4. The third-order valence-corrected chi connectivity index (χ3v) is 2.96. The topological polar surface area (TPSA) is 20.2 Å². The lowest BCUT2D eigenvalue weighted by Gasteiger charge is -2.11. The molecule has 1 N–H and O–H groups in total. The Morgan fingerprint density at radius 3 is 2.00 bits per heavy atom. The molecule has 0 aliphatic rings. The van der Waals surface area contributed by atoms with Gasteiger partial charge in [-0.1, -0.05) is 65.7 Å². The summed E-state index contributed by atoms with van der Waals surface area (Å²) in [5.74, 6) is 0.779. The summed E-state index contributed by atoms with van der Waals surface area (Å²) in [5.41, 5.74) is 0. The molecule has 92 valence electrons. The molecule has 1 unspecified atom stereocenters. The number of aliphatic hydroxyl groups excluding tert-OH is 1. The molecule has 0 rings (SSSR count). The molecule has 0 saturated heterocycles. The van der Waals surface area contributed by atoms with E-state index in [1.165, 1.54) is 44.9 Å². The van der Waals surface area contributed by atoms with Gasteiger partial charge in [0, 0.05) is 0 Å². The summed E-state index contributed by atoms with van der Waals surface area (Å²) in [6.45, 7) is 6.73. The van der Waals surface area contributed by atoms with Crippen LogP contribution in [-0.2, 0) is 0 Å². The molecular weight excluding hydrogens is 184 g/mol. The van der Waals surface area contributed by atoms with E-state index in [0.717, 1.165) is 18.8 Å². The Labute approximate surface area is 96.3 Å². The van der Waals surface area contributed by atoms with Crippen LogP contribution in [0.25, 0.3) is 0 Å². The van der Waals surface area contributed by atoms with Crippen LogP contribution in [0.15, 0.2) is 0 Å². The zero-order chi connectivity index (χ0) is 11.5. The summed E-state index contributed by atoms with van der Waals surface area (Å²) < 4.78 is 0. The van der Waals surface area contributed by atoms with Crippen LogP contribution in [0, 0.1) is 5.92 Å². The highest BCUT2D eigenvalue weighted by molar-refractivity contribution is 4.57. The van der Waals surface area contributed by atoms with Gasteiger partial charge < -0.3 is 5.11 Å². The van der Waals surface area contributed by atoms with Crippen LogP contribution in [0.3, 0.4) is 0 Å². The third kappa shape index (κ3) is 11.9. The van der Waals surface area contributed by atoms with Gasteiger partial charge in [-0.3, -0.25) is 0 Å². The Morgan fingerprint density at radius 2 is 1.40 bits per heavy atom. The summed E-state index contributed by atoms with van der Waals surface area (Å²) in [5, 5.41) is 9.72. The molecule has 1 atom stereocenters. The Bertz CT molecular complexity index is 121. The lowest BCUT2D eigenvalue weighted by atomic mass is 10.0. The number of hydrogen-bond donors (Lipinski definition) is 1. The van der Waals surface area contributed by atoms with Crippen molar-refractivity contribution in [3.63, 3.8) is 0 Å². The van der Waals surface area contributed by atoms with Crippen molar-refractivity contribution in [3.05, 3.63) is 0 Å². The number of aliphatic hydroxyl groups is 1.